The van der Waals surface area contributed by atoms with Crippen molar-refractivity contribution in [1.29, 1.82) is 0 Å². The Morgan fingerprint density at radius 1 is 1.31 bits per heavy atom. The van der Waals surface area contributed by atoms with Gasteiger partial charge in [0, 0.05) is 0 Å². The zero-order valence-electron chi connectivity index (χ0n) is 9.52. The van der Waals surface area contributed by atoms with Gasteiger partial charge in [0.25, 0.3) is 0 Å². The first-order valence-corrected chi connectivity index (χ1v) is 6.21. The van der Waals surface area contributed by atoms with Crippen molar-refractivity contribution in [1.82, 2.24) is 0 Å². The van der Waals surface area contributed by atoms with Crippen LogP contribution in [0.15, 0.2) is 24.3 Å². The van der Waals surface area contributed by atoms with Crippen molar-refractivity contribution in [3.05, 3.63) is 35.4 Å². The van der Waals surface area contributed by atoms with Gasteiger partial charge in [0.1, 0.15) is 0 Å². The van der Waals surface area contributed by atoms with Gasteiger partial charge in [0.15, 0.2) is 0 Å². The van der Waals surface area contributed by atoms with Crippen LogP contribution >= 0.6 is 0 Å². The van der Waals surface area contributed by atoms with Gasteiger partial charge in [-0.25, -0.2) is 0 Å². The number of hydrogen-bond donors (Lipinski definition) is 2. The molecule has 1 saturated carbocycles. The summed E-state index contributed by atoms with van der Waals surface area (Å²) in [5, 5.41) is 9.57. The van der Waals surface area contributed by atoms with E-state index in [4.69, 9.17) is 5.73 Å². The molecule has 0 saturated heterocycles. The standard InChI is InChI=1S/C14H19NO/c15-9-14(7-11(16)8-14)13-6-5-10-3-1-2-4-12(10)13/h1-4,11,13,16H,5-9,15H2. The lowest BCUT2D eigenvalue weighted by atomic mass is 9.58. The summed E-state index contributed by atoms with van der Waals surface area (Å²) >= 11 is 0. The van der Waals surface area contributed by atoms with Crippen LogP contribution < -0.4 is 5.73 Å². The Bertz CT molecular complexity index is 395. The Kier molecular flexibility index (Phi) is 2.30. The number of aryl methyl sites for hydroxylation is 1. The van der Waals surface area contributed by atoms with Crippen LogP contribution in [0.2, 0.25) is 0 Å². The number of aliphatic hydroxyl groups excluding tert-OH is 1. The van der Waals surface area contributed by atoms with Gasteiger partial charge < -0.3 is 10.8 Å². The molecule has 16 heavy (non-hydrogen) atoms. The first kappa shape index (κ1) is 10.3. The summed E-state index contributed by atoms with van der Waals surface area (Å²) in [4.78, 5) is 0. The third-order valence-electron chi connectivity index (χ3n) is 4.56. The fourth-order valence-corrected chi connectivity index (χ4v) is 3.67. The molecule has 1 fully saturated rings. The van der Waals surface area contributed by atoms with Crippen molar-refractivity contribution >= 4 is 0 Å². The van der Waals surface area contributed by atoms with Crippen molar-refractivity contribution in [2.45, 2.75) is 37.7 Å². The third-order valence-corrected chi connectivity index (χ3v) is 4.56. The van der Waals surface area contributed by atoms with Crippen LogP contribution in [-0.4, -0.2) is 17.8 Å². The molecule has 0 heterocycles. The summed E-state index contributed by atoms with van der Waals surface area (Å²) in [6, 6.07) is 8.71. The van der Waals surface area contributed by atoms with E-state index in [9.17, 15) is 5.11 Å². The van der Waals surface area contributed by atoms with E-state index in [-0.39, 0.29) is 11.5 Å². The number of hydrogen-bond acceptors (Lipinski definition) is 2. The highest BCUT2D eigenvalue weighted by molar-refractivity contribution is 5.37. The molecule has 2 aliphatic rings. The van der Waals surface area contributed by atoms with E-state index in [2.05, 4.69) is 24.3 Å². The Morgan fingerprint density at radius 2 is 2.06 bits per heavy atom. The molecule has 0 radical (unpaired) electrons. The number of nitrogens with two attached hydrogens (primary N) is 1. The van der Waals surface area contributed by atoms with E-state index in [1.165, 1.54) is 24.0 Å². The van der Waals surface area contributed by atoms with E-state index in [1.54, 1.807) is 0 Å². The lowest BCUT2D eigenvalue weighted by Crippen LogP contribution is -2.49. The Balaban J connectivity index is 1.92. The van der Waals surface area contributed by atoms with Crippen LogP contribution in [0.3, 0.4) is 0 Å². The highest BCUT2D eigenvalue weighted by Crippen LogP contribution is 2.55. The zero-order valence-corrected chi connectivity index (χ0v) is 9.52. The summed E-state index contributed by atoms with van der Waals surface area (Å²) in [5.41, 5.74) is 9.12. The molecule has 1 unspecified atom stereocenters. The molecule has 0 bridgehead atoms. The first-order chi connectivity index (χ1) is 7.75. The summed E-state index contributed by atoms with van der Waals surface area (Å²) in [6.07, 6.45) is 4.06. The zero-order chi connectivity index (χ0) is 11.2. The van der Waals surface area contributed by atoms with Gasteiger partial charge in [-0.2, -0.15) is 0 Å². The smallest absolute Gasteiger partial charge is 0.0552 e. The van der Waals surface area contributed by atoms with E-state index in [0.717, 1.165) is 12.8 Å². The molecule has 1 aromatic carbocycles. The summed E-state index contributed by atoms with van der Waals surface area (Å²) < 4.78 is 0. The predicted molar refractivity (Wildman–Crippen MR) is 64.2 cm³/mol. The van der Waals surface area contributed by atoms with Crippen molar-refractivity contribution in [2.75, 3.05) is 6.54 Å². The van der Waals surface area contributed by atoms with Gasteiger partial charge in [-0.3, -0.25) is 0 Å². The minimum absolute atomic E-state index is 0.115. The second-order valence-electron chi connectivity index (χ2n) is 5.42. The lowest BCUT2D eigenvalue weighted by molar-refractivity contribution is -0.0436. The van der Waals surface area contributed by atoms with Gasteiger partial charge in [-0.15, -0.1) is 0 Å². The first-order valence-electron chi connectivity index (χ1n) is 6.21. The van der Waals surface area contributed by atoms with Crippen molar-refractivity contribution < 1.29 is 5.11 Å². The van der Waals surface area contributed by atoms with Crippen LogP contribution in [0.1, 0.15) is 36.3 Å². The van der Waals surface area contributed by atoms with Gasteiger partial charge >= 0.3 is 0 Å². The molecular formula is C14H19NO. The molecule has 0 aliphatic heterocycles. The van der Waals surface area contributed by atoms with Crippen molar-refractivity contribution in [3.63, 3.8) is 0 Å². The summed E-state index contributed by atoms with van der Waals surface area (Å²) in [6.45, 7) is 0.711. The van der Waals surface area contributed by atoms with E-state index >= 15 is 0 Å². The van der Waals surface area contributed by atoms with E-state index < -0.39 is 0 Å². The number of benzene rings is 1. The second-order valence-corrected chi connectivity index (χ2v) is 5.42. The maximum atomic E-state index is 9.57. The molecule has 0 amide bonds. The van der Waals surface area contributed by atoms with Crippen LogP contribution in [0.25, 0.3) is 0 Å². The normalized spacial score (nSPS) is 36.9. The van der Waals surface area contributed by atoms with Crippen LogP contribution in [0.5, 0.6) is 0 Å². The maximum Gasteiger partial charge on any atom is 0.0552 e. The quantitative estimate of drug-likeness (QED) is 0.793. The van der Waals surface area contributed by atoms with Crippen LogP contribution in [-0.2, 0) is 6.42 Å². The Hall–Kier alpha value is -0.860. The average molecular weight is 217 g/mol. The lowest BCUT2D eigenvalue weighted by Gasteiger charge is -2.49. The minimum atomic E-state index is -0.115. The monoisotopic (exact) mass is 217 g/mol. The molecule has 2 aliphatic carbocycles. The topological polar surface area (TPSA) is 46.2 Å². The van der Waals surface area contributed by atoms with Gasteiger partial charge in [0.05, 0.1) is 6.10 Å². The molecule has 0 spiro atoms. The predicted octanol–water partition coefficient (Wildman–Crippen LogP) is 1.82. The van der Waals surface area contributed by atoms with E-state index in [0.29, 0.717) is 12.5 Å². The van der Waals surface area contributed by atoms with Gasteiger partial charge in [0.2, 0.25) is 0 Å². The molecule has 1 aromatic rings. The SMILES string of the molecule is NCC1(C2CCc3ccccc32)CC(O)C1. The molecule has 2 heteroatoms. The summed E-state index contributed by atoms with van der Waals surface area (Å²) in [5.74, 6) is 0.581. The Labute approximate surface area is 96.5 Å². The van der Waals surface area contributed by atoms with Crippen molar-refractivity contribution in [2.24, 2.45) is 11.1 Å². The van der Waals surface area contributed by atoms with Gasteiger partial charge in [-0.05, 0) is 54.7 Å². The highest BCUT2D eigenvalue weighted by Gasteiger charge is 2.50. The van der Waals surface area contributed by atoms with Crippen LogP contribution in [0, 0.1) is 5.41 Å². The fraction of sp³-hybridized carbons (Fsp3) is 0.571. The maximum absolute atomic E-state index is 9.57. The largest absolute Gasteiger partial charge is 0.393 e. The molecule has 2 nitrogen and oxygen atoms in total. The molecule has 86 valence electrons. The number of aliphatic hydroxyl groups is 1. The fourth-order valence-electron chi connectivity index (χ4n) is 3.67. The molecule has 3 N–H and O–H groups in total. The molecule has 0 aromatic heterocycles. The van der Waals surface area contributed by atoms with Crippen molar-refractivity contribution in [3.8, 4) is 0 Å². The van der Waals surface area contributed by atoms with E-state index in [1.807, 2.05) is 0 Å². The van der Waals surface area contributed by atoms with Crippen LogP contribution in [0.4, 0.5) is 0 Å². The molecule has 1 atom stereocenters. The number of fused-ring (bicyclic) bond motifs is 1. The summed E-state index contributed by atoms with van der Waals surface area (Å²) in [7, 11) is 0. The molecule has 3 rings (SSSR count). The molecular weight excluding hydrogens is 198 g/mol. The second kappa shape index (κ2) is 3.57. The highest BCUT2D eigenvalue weighted by atomic mass is 16.3. The average Bonchev–Trinajstić information content (AvgIpc) is 2.68. The Morgan fingerprint density at radius 3 is 2.75 bits per heavy atom. The third kappa shape index (κ3) is 1.33. The number of rotatable bonds is 2. The van der Waals surface area contributed by atoms with Gasteiger partial charge in [-0.1, -0.05) is 24.3 Å². The minimum Gasteiger partial charge on any atom is -0.393 e.